The first-order valence-corrected chi connectivity index (χ1v) is 7.56. The van der Waals surface area contributed by atoms with Crippen LogP contribution in [-0.4, -0.2) is 51.5 Å². The van der Waals surface area contributed by atoms with Crippen molar-refractivity contribution in [2.24, 2.45) is 7.05 Å². The van der Waals surface area contributed by atoms with Crippen molar-refractivity contribution in [2.75, 3.05) is 31.1 Å². The van der Waals surface area contributed by atoms with Gasteiger partial charge in [-0.15, -0.1) is 0 Å². The van der Waals surface area contributed by atoms with Crippen LogP contribution in [0.4, 0.5) is 5.82 Å². The number of carbonyl (C=O) groups is 1. The van der Waals surface area contributed by atoms with Gasteiger partial charge in [-0.25, -0.2) is 4.98 Å². The third-order valence-electron chi connectivity index (χ3n) is 3.63. The molecule has 6 nitrogen and oxygen atoms in total. The van der Waals surface area contributed by atoms with Crippen molar-refractivity contribution in [3.63, 3.8) is 0 Å². The van der Waals surface area contributed by atoms with E-state index in [9.17, 15) is 4.79 Å². The minimum Gasteiger partial charge on any atom is -0.352 e. The molecule has 2 aromatic heterocycles. The van der Waals surface area contributed by atoms with Gasteiger partial charge in [0.05, 0.1) is 6.20 Å². The highest BCUT2D eigenvalue weighted by molar-refractivity contribution is 9.10. The SMILES string of the molecule is Cn1cc(Br)cc1C(=O)N1CCN(c2cnccn2)CC1. The molecule has 0 atom stereocenters. The zero-order valence-electron chi connectivity index (χ0n) is 11.7. The summed E-state index contributed by atoms with van der Waals surface area (Å²) in [6, 6.07) is 1.86. The van der Waals surface area contributed by atoms with E-state index in [0.717, 1.165) is 23.4 Å². The maximum Gasteiger partial charge on any atom is 0.270 e. The third kappa shape index (κ3) is 2.92. The molecule has 1 amide bonds. The molecule has 0 saturated carbocycles. The van der Waals surface area contributed by atoms with Crippen molar-refractivity contribution in [3.05, 3.63) is 41.0 Å². The second-order valence-electron chi connectivity index (χ2n) is 5.00. The summed E-state index contributed by atoms with van der Waals surface area (Å²) in [6.45, 7) is 2.93. The van der Waals surface area contributed by atoms with E-state index < -0.39 is 0 Å². The summed E-state index contributed by atoms with van der Waals surface area (Å²) in [5, 5.41) is 0. The van der Waals surface area contributed by atoms with Crippen molar-refractivity contribution in [1.29, 1.82) is 0 Å². The first kappa shape index (κ1) is 14.1. The normalized spacial score (nSPS) is 15.3. The van der Waals surface area contributed by atoms with Crippen LogP contribution in [0.2, 0.25) is 0 Å². The van der Waals surface area contributed by atoms with E-state index in [1.165, 1.54) is 0 Å². The van der Waals surface area contributed by atoms with E-state index in [4.69, 9.17) is 0 Å². The standard InChI is InChI=1S/C14H16BrN5O/c1-18-10-11(15)8-12(18)14(21)20-6-4-19(5-7-20)13-9-16-2-3-17-13/h2-3,8-10H,4-7H2,1H3. The van der Waals surface area contributed by atoms with Crippen LogP contribution in [0.1, 0.15) is 10.5 Å². The van der Waals surface area contributed by atoms with Crippen LogP contribution >= 0.6 is 15.9 Å². The number of hydrogen-bond donors (Lipinski definition) is 0. The molecule has 2 aromatic rings. The predicted molar refractivity (Wildman–Crippen MR) is 83.3 cm³/mol. The molecule has 1 saturated heterocycles. The molecule has 7 heteroatoms. The quantitative estimate of drug-likeness (QED) is 0.825. The lowest BCUT2D eigenvalue weighted by Crippen LogP contribution is -2.49. The largest absolute Gasteiger partial charge is 0.352 e. The molecule has 0 bridgehead atoms. The number of hydrogen-bond acceptors (Lipinski definition) is 4. The molecule has 0 radical (unpaired) electrons. The maximum absolute atomic E-state index is 12.5. The Hall–Kier alpha value is -1.89. The number of piperazine rings is 1. The van der Waals surface area contributed by atoms with Crippen molar-refractivity contribution in [3.8, 4) is 0 Å². The van der Waals surface area contributed by atoms with E-state index in [1.54, 1.807) is 18.6 Å². The second-order valence-corrected chi connectivity index (χ2v) is 5.91. The lowest BCUT2D eigenvalue weighted by atomic mass is 10.2. The second kappa shape index (κ2) is 5.85. The molecule has 0 aliphatic carbocycles. The Kier molecular flexibility index (Phi) is 3.92. The topological polar surface area (TPSA) is 54.3 Å². The summed E-state index contributed by atoms with van der Waals surface area (Å²) in [4.78, 5) is 24.9. The molecular weight excluding hydrogens is 334 g/mol. The summed E-state index contributed by atoms with van der Waals surface area (Å²) in [5.41, 5.74) is 0.704. The van der Waals surface area contributed by atoms with Crippen molar-refractivity contribution >= 4 is 27.7 Å². The lowest BCUT2D eigenvalue weighted by molar-refractivity contribution is 0.0737. The van der Waals surface area contributed by atoms with Crippen LogP contribution in [0, 0.1) is 0 Å². The fourth-order valence-electron chi connectivity index (χ4n) is 2.49. The average molecular weight is 350 g/mol. The number of anilines is 1. The first-order chi connectivity index (χ1) is 10.1. The molecule has 3 heterocycles. The zero-order chi connectivity index (χ0) is 14.8. The fraction of sp³-hybridized carbons (Fsp3) is 0.357. The monoisotopic (exact) mass is 349 g/mol. The highest BCUT2D eigenvalue weighted by Crippen LogP contribution is 2.17. The van der Waals surface area contributed by atoms with Gasteiger partial charge in [-0.2, -0.15) is 0 Å². The van der Waals surface area contributed by atoms with Gasteiger partial charge in [0.2, 0.25) is 0 Å². The summed E-state index contributed by atoms with van der Waals surface area (Å²) in [7, 11) is 1.88. The zero-order valence-corrected chi connectivity index (χ0v) is 13.3. The molecule has 110 valence electrons. The van der Waals surface area contributed by atoms with Gasteiger partial charge in [0.25, 0.3) is 5.91 Å². The molecule has 0 unspecified atom stereocenters. The molecule has 21 heavy (non-hydrogen) atoms. The van der Waals surface area contributed by atoms with Gasteiger partial charge in [-0.1, -0.05) is 0 Å². The van der Waals surface area contributed by atoms with E-state index in [1.807, 2.05) is 28.8 Å². The Bertz CT molecular complexity index is 634. The highest BCUT2D eigenvalue weighted by Gasteiger charge is 2.24. The lowest BCUT2D eigenvalue weighted by Gasteiger charge is -2.35. The number of nitrogens with zero attached hydrogens (tertiary/aromatic N) is 5. The van der Waals surface area contributed by atoms with Crippen LogP contribution in [-0.2, 0) is 7.05 Å². The van der Waals surface area contributed by atoms with Crippen LogP contribution < -0.4 is 4.90 Å². The van der Waals surface area contributed by atoms with Gasteiger partial charge >= 0.3 is 0 Å². The van der Waals surface area contributed by atoms with Crippen LogP contribution in [0.5, 0.6) is 0 Å². The Labute approximate surface area is 131 Å². The van der Waals surface area contributed by atoms with Crippen LogP contribution in [0.3, 0.4) is 0 Å². The number of rotatable bonds is 2. The number of aromatic nitrogens is 3. The molecule has 0 N–H and O–H groups in total. The van der Waals surface area contributed by atoms with Gasteiger partial charge < -0.3 is 14.4 Å². The van der Waals surface area contributed by atoms with Crippen LogP contribution in [0.15, 0.2) is 35.3 Å². The average Bonchev–Trinajstić information content (AvgIpc) is 2.86. The van der Waals surface area contributed by atoms with Crippen molar-refractivity contribution < 1.29 is 4.79 Å². The first-order valence-electron chi connectivity index (χ1n) is 6.77. The maximum atomic E-state index is 12.5. The van der Waals surface area contributed by atoms with Gasteiger partial charge in [0.1, 0.15) is 11.5 Å². The Morgan fingerprint density at radius 3 is 2.57 bits per heavy atom. The Balaban J connectivity index is 1.66. The Morgan fingerprint density at radius 2 is 2.00 bits per heavy atom. The minimum atomic E-state index is 0.0713. The van der Waals surface area contributed by atoms with E-state index >= 15 is 0 Å². The van der Waals surface area contributed by atoms with E-state index in [-0.39, 0.29) is 5.91 Å². The summed E-state index contributed by atoms with van der Waals surface area (Å²) < 4.78 is 2.77. The molecule has 0 spiro atoms. The predicted octanol–water partition coefficient (Wildman–Crippen LogP) is 1.54. The molecule has 1 aliphatic heterocycles. The third-order valence-corrected chi connectivity index (χ3v) is 4.06. The van der Waals surface area contributed by atoms with Crippen molar-refractivity contribution in [1.82, 2.24) is 19.4 Å². The number of amides is 1. The molecule has 1 aliphatic rings. The molecule has 1 fully saturated rings. The van der Waals surface area contributed by atoms with Gasteiger partial charge in [0.15, 0.2) is 0 Å². The number of carbonyl (C=O) groups excluding carboxylic acids is 1. The van der Waals surface area contributed by atoms with E-state index in [0.29, 0.717) is 18.8 Å². The van der Waals surface area contributed by atoms with Gasteiger partial charge in [0, 0.05) is 56.3 Å². The van der Waals surface area contributed by atoms with Crippen molar-refractivity contribution in [2.45, 2.75) is 0 Å². The number of aryl methyl sites for hydroxylation is 1. The highest BCUT2D eigenvalue weighted by atomic mass is 79.9. The van der Waals surface area contributed by atoms with Crippen LogP contribution in [0.25, 0.3) is 0 Å². The Morgan fingerprint density at radius 1 is 1.24 bits per heavy atom. The molecule has 0 aromatic carbocycles. The minimum absolute atomic E-state index is 0.0713. The van der Waals surface area contributed by atoms with E-state index in [2.05, 4.69) is 30.8 Å². The molecule has 3 rings (SSSR count). The van der Waals surface area contributed by atoms with Gasteiger partial charge in [-0.05, 0) is 22.0 Å². The summed E-state index contributed by atoms with van der Waals surface area (Å²) in [5.74, 6) is 0.938. The fourth-order valence-corrected chi connectivity index (χ4v) is 3.02. The summed E-state index contributed by atoms with van der Waals surface area (Å²) >= 11 is 3.40. The van der Waals surface area contributed by atoms with Gasteiger partial charge in [-0.3, -0.25) is 9.78 Å². The molecular formula is C14H16BrN5O. The number of halogens is 1. The summed E-state index contributed by atoms with van der Waals surface area (Å²) in [6.07, 6.45) is 7.00. The smallest absolute Gasteiger partial charge is 0.270 e.